The second-order valence-electron chi connectivity index (χ2n) is 7.24. The van der Waals surface area contributed by atoms with Crippen LogP contribution in [0, 0.1) is 5.92 Å². The minimum absolute atomic E-state index is 0.0370. The number of aliphatic carboxylic acids is 1. The van der Waals surface area contributed by atoms with E-state index in [0.717, 1.165) is 12.0 Å². The lowest BCUT2D eigenvalue weighted by Gasteiger charge is -2.30. The van der Waals surface area contributed by atoms with Crippen LogP contribution in [0.25, 0.3) is 0 Å². The van der Waals surface area contributed by atoms with Crippen molar-refractivity contribution in [2.24, 2.45) is 5.92 Å². The zero-order valence-electron chi connectivity index (χ0n) is 15.8. The van der Waals surface area contributed by atoms with Crippen molar-refractivity contribution < 1.29 is 14.7 Å². The van der Waals surface area contributed by atoms with E-state index in [1.54, 1.807) is 0 Å². The van der Waals surface area contributed by atoms with Gasteiger partial charge in [0.2, 0.25) is 0 Å². The van der Waals surface area contributed by atoms with Gasteiger partial charge in [0.25, 0.3) is 0 Å². The van der Waals surface area contributed by atoms with E-state index in [0.29, 0.717) is 42.8 Å². The Hall–Kier alpha value is -2.53. The smallest absolute Gasteiger partial charge is 0.326 e. The highest BCUT2D eigenvalue weighted by molar-refractivity contribution is 7.80. The molecule has 1 saturated heterocycles. The molecule has 4 nitrogen and oxygen atoms in total. The highest BCUT2D eigenvalue weighted by Crippen LogP contribution is 2.26. The van der Waals surface area contributed by atoms with Gasteiger partial charge >= 0.3 is 5.97 Å². The number of carboxylic acids is 1. The molecule has 1 fully saturated rings. The van der Waals surface area contributed by atoms with Crippen molar-refractivity contribution in [1.82, 2.24) is 4.90 Å². The fourth-order valence-electron chi connectivity index (χ4n) is 3.81. The summed E-state index contributed by atoms with van der Waals surface area (Å²) in [5, 5.41) is 9.52. The van der Waals surface area contributed by atoms with Crippen molar-refractivity contribution in [3.8, 4) is 0 Å². The zero-order valence-corrected chi connectivity index (χ0v) is 16.6. The van der Waals surface area contributed by atoms with Crippen LogP contribution in [0.2, 0.25) is 0 Å². The number of nitrogens with zero attached hydrogens (tertiary/aromatic N) is 1. The Labute approximate surface area is 171 Å². The standard InChI is InChI=1S/C23H25NO3S/c25-21(18-10-5-2-6-11-18)14-13-19(16-17-8-3-1-4-9-17)22(28)24-15-7-12-20(24)23(26)27/h1-6,8-11,19-20H,7,12-16H2,(H,26,27)/t19?,20-/m0/s1. The molecular weight excluding hydrogens is 370 g/mol. The van der Waals surface area contributed by atoms with Crippen molar-refractivity contribution in [2.75, 3.05) is 6.54 Å². The number of ketones is 1. The molecule has 1 aliphatic rings. The predicted molar refractivity (Wildman–Crippen MR) is 114 cm³/mol. The average Bonchev–Trinajstić information content (AvgIpc) is 3.22. The Kier molecular flexibility index (Phi) is 6.93. The molecule has 0 aliphatic carbocycles. The van der Waals surface area contributed by atoms with Crippen molar-refractivity contribution in [3.05, 3.63) is 71.8 Å². The minimum Gasteiger partial charge on any atom is -0.480 e. The summed E-state index contributed by atoms with van der Waals surface area (Å²) in [7, 11) is 0. The van der Waals surface area contributed by atoms with E-state index in [1.807, 2.05) is 65.6 Å². The van der Waals surface area contributed by atoms with E-state index in [-0.39, 0.29) is 11.7 Å². The molecule has 146 valence electrons. The number of rotatable bonds is 8. The Balaban J connectivity index is 1.74. The first kappa shape index (κ1) is 20.2. The summed E-state index contributed by atoms with van der Waals surface area (Å²) >= 11 is 5.75. The van der Waals surface area contributed by atoms with Gasteiger partial charge in [0, 0.05) is 24.4 Å². The molecule has 1 N–H and O–H groups in total. The number of benzene rings is 2. The summed E-state index contributed by atoms with van der Waals surface area (Å²) in [6, 6.07) is 18.8. The Morgan fingerprint density at radius 2 is 1.71 bits per heavy atom. The highest BCUT2D eigenvalue weighted by Gasteiger charge is 2.34. The first-order valence-electron chi connectivity index (χ1n) is 9.71. The molecule has 1 heterocycles. The normalized spacial score (nSPS) is 17.3. The first-order chi connectivity index (χ1) is 13.6. The van der Waals surface area contributed by atoms with E-state index in [4.69, 9.17) is 12.2 Å². The second-order valence-corrected chi connectivity index (χ2v) is 7.66. The zero-order chi connectivity index (χ0) is 19.9. The summed E-state index contributed by atoms with van der Waals surface area (Å²) in [6.07, 6.45) is 3.18. The van der Waals surface area contributed by atoms with Gasteiger partial charge in [-0.05, 0) is 31.2 Å². The monoisotopic (exact) mass is 395 g/mol. The lowest BCUT2D eigenvalue weighted by molar-refractivity contribution is -0.140. The number of thiocarbonyl (C=S) groups is 1. The number of Topliss-reactive ketones (excluding diaryl/α,β-unsaturated/α-hetero) is 1. The molecule has 5 heteroatoms. The van der Waals surface area contributed by atoms with Crippen LogP contribution in [0.3, 0.4) is 0 Å². The maximum absolute atomic E-state index is 12.6. The van der Waals surface area contributed by atoms with E-state index >= 15 is 0 Å². The third kappa shape index (κ3) is 5.04. The predicted octanol–water partition coefficient (Wildman–Crippen LogP) is 4.38. The number of likely N-dealkylation sites (tertiary alicyclic amines) is 1. The summed E-state index contributed by atoms with van der Waals surface area (Å²) < 4.78 is 0. The molecule has 2 atom stereocenters. The molecule has 1 aliphatic heterocycles. The van der Waals surface area contributed by atoms with Crippen molar-refractivity contribution >= 4 is 29.0 Å². The molecular formula is C23H25NO3S. The van der Waals surface area contributed by atoms with Gasteiger partial charge in [0.1, 0.15) is 6.04 Å². The molecule has 0 radical (unpaired) electrons. The van der Waals surface area contributed by atoms with Gasteiger partial charge in [-0.15, -0.1) is 0 Å². The largest absolute Gasteiger partial charge is 0.480 e. The maximum atomic E-state index is 12.6. The molecule has 2 aromatic rings. The van der Waals surface area contributed by atoms with Gasteiger partial charge in [-0.25, -0.2) is 4.79 Å². The van der Waals surface area contributed by atoms with Crippen molar-refractivity contribution in [1.29, 1.82) is 0 Å². The number of carbonyl (C=O) groups excluding carboxylic acids is 1. The number of hydrogen-bond acceptors (Lipinski definition) is 3. The van der Waals surface area contributed by atoms with E-state index < -0.39 is 12.0 Å². The molecule has 1 unspecified atom stereocenters. The Bertz CT molecular complexity index is 822. The van der Waals surface area contributed by atoms with Crippen LogP contribution in [0.15, 0.2) is 60.7 Å². The molecule has 0 saturated carbocycles. The molecule has 0 aromatic heterocycles. The second kappa shape index (κ2) is 9.60. The molecule has 2 aromatic carbocycles. The Morgan fingerprint density at radius 1 is 1.07 bits per heavy atom. The fraction of sp³-hybridized carbons (Fsp3) is 0.348. The quantitative estimate of drug-likeness (QED) is 0.531. The van der Waals surface area contributed by atoms with Crippen LogP contribution in [-0.2, 0) is 11.2 Å². The number of carbonyl (C=O) groups is 2. The van der Waals surface area contributed by atoms with Crippen LogP contribution in [0.5, 0.6) is 0 Å². The summed E-state index contributed by atoms with van der Waals surface area (Å²) in [5.41, 5.74) is 1.85. The average molecular weight is 396 g/mol. The van der Waals surface area contributed by atoms with E-state index in [1.165, 1.54) is 0 Å². The van der Waals surface area contributed by atoms with E-state index in [9.17, 15) is 14.7 Å². The van der Waals surface area contributed by atoms with E-state index in [2.05, 4.69) is 0 Å². The van der Waals surface area contributed by atoms with Gasteiger partial charge in [0.05, 0.1) is 4.99 Å². The molecule has 0 spiro atoms. The van der Waals surface area contributed by atoms with Gasteiger partial charge in [-0.2, -0.15) is 0 Å². The van der Waals surface area contributed by atoms with Crippen LogP contribution >= 0.6 is 12.2 Å². The van der Waals surface area contributed by atoms with Crippen LogP contribution < -0.4 is 0 Å². The van der Waals surface area contributed by atoms with Crippen molar-refractivity contribution in [2.45, 2.75) is 38.1 Å². The Morgan fingerprint density at radius 3 is 2.36 bits per heavy atom. The third-order valence-electron chi connectivity index (χ3n) is 5.31. The summed E-state index contributed by atoms with van der Waals surface area (Å²) in [6.45, 7) is 0.674. The minimum atomic E-state index is -0.821. The summed E-state index contributed by atoms with van der Waals surface area (Å²) in [4.78, 5) is 26.7. The van der Waals surface area contributed by atoms with Crippen LogP contribution in [0.4, 0.5) is 0 Å². The first-order valence-corrected chi connectivity index (χ1v) is 10.1. The van der Waals surface area contributed by atoms with Gasteiger partial charge in [-0.1, -0.05) is 72.9 Å². The number of carboxylic acid groups (broad SMARTS) is 1. The fourth-order valence-corrected chi connectivity index (χ4v) is 4.23. The van der Waals surface area contributed by atoms with Crippen LogP contribution in [0.1, 0.15) is 41.6 Å². The van der Waals surface area contributed by atoms with Crippen LogP contribution in [-0.4, -0.2) is 39.3 Å². The molecule has 3 rings (SSSR count). The SMILES string of the molecule is O=C(CCC(Cc1ccccc1)C(=S)N1CCC[C@H]1C(=O)O)c1ccccc1. The summed E-state index contributed by atoms with van der Waals surface area (Å²) in [5.74, 6) is -0.763. The van der Waals surface area contributed by atoms with Gasteiger partial charge < -0.3 is 10.0 Å². The number of hydrogen-bond donors (Lipinski definition) is 1. The van der Waals surface area contributed by atoms with Crippen molar-refractivity contribution in [3.63, 3.8) is 0 Å². The van der Waals surface area contributed by atoms with Gasteiger partial charge in [-0.3, -0.25) is 4.79 Å². The lowest BCUT2D eigenvalue weighted by atomic mass is 9.91. The topological polar surface area (TPSA) is 57.6 Å². The third-order valence-corrected chi connectivity index (χ3v) is 5.88. The molecule has 28 heavy (non-hydrogen) atoms. The molecule has 0 amide bonds. The highest BCUT2D eigenvalue weighted by atomic mass is 32.1. The van der Waals surface area contributed by atoms with Gasteiger partial charge in [0.15, 0.2) is 5.78 Å². The lowest BCUT2D eigenvalue weighted by Crippen LogP contribution is -2.43. The molecule has 0 bridgehead atoms. The maximum Gasteiger partial charge on any atom is 0.326 e.